The monoisotopic (exact) mass is 385 g/mol. The van der Waals surface area contributed by atoms with Crippen LogP contribution in [0.15, 0.2) is 30.6 Å². The van der Waals surface area contributed by atoms with E-state index >= 15 is 0 Å². The average Bonchev–Trinajstić information content (AvgIpc) is 2.74. The predicted molar refractivity (Wildman–Crippen MR) is 104 cm³/mol. The summed E-state index contributed by atoms with van der Waals surface area (Å²) in [6.07, 6.45) is 2.50. The number of carbonyl (C=O) groups is 1. The van der Waals surface area contributed by atoms with E-state index in [2.05, 4.69) is 36.9 Å². The van der Waals surface area contributed by atoms with E-state index in [1.54, 1.807) is 4.90 Å². The van der Waals surface area contributed by atoms with Gasteiger partial charge in [0.15, 0.2) is 11.6 Å². The van der Waals surface area contributed by atoms with E-state index in [0.717, 1.165) is 44.0 Å². The molecule has 0 spiro atoms. The second kappa shape index (κ2) is 8.05. The lowest BCUT2D eigenvalue weighted by Gasteiger charge is -2.35. The van der Waals surface area contributed by atoms with Gasteiger partial charge in [-0.15, -0.1) is 10.2 Å². The largest absolute Gasteiger partial charge is 0.353 e. The number of amides is 1. The fourth-order valence-electron chi connectivity index (χ4n) is 3.54. The number of hydrogen-bond donors (Lipinski definition) is 0. The minimum absolute atomic E-state index is 0.192. The summed E-state index contributed by atoms with van der Waals surface area (Å²) in [6.45, 7) is 6.41. The maximum absolute atomic E-state index is 13.3. The standard InChI is InChI=1S/C19H24FN7O/c1-24-4-6-25(7-5-24)17-2-3-18(23-22-17)26-8-10-27(11-9-26)19(28)15-12-16(20)14-21-13-15/h2-3,12-14H,4-11H2,1H3. The highest BCUT2D eigenvalue weighted by atomic mass is 19.1. The Morgan fingerprint density at radius 3 is 2.00 bits per heavy atom. The van der Waals surface area contributed by atoms with E-state index in [1.807, 2.05) is 12.1 Å². The van der Waals surface area contributed by atoms with Crippen LogP contribution in [0.3, 0.4) is 0 Å². The molecular weight excluding hydrogens is 361 g/mol. The van der Waals surface area contributed by atoms with Crippen molar-refractivity contribution in [3.05, 3.63) is 42.0 Å². The van der Waals surface area contributed by atoms with Crippen LogP contribution in [0, 0.1) is 5.82 Å². The topological polar surface area (TPSA) is 68.7 Å². The molecule has 4 heterocycles. The lowest BCUT2D eigenvalue weighted by Crippen LogP contribution is -2.49. The molecule has 4 rings (SSSR count). The number of pyridine rings is 1. The number of anilines is 2. The highest BCUT2D eigenvalue weighted by Gasteiger charge is 2.24. The molecule has 0 unspecified atom stereocenters. The molecule has 2 aliphatic heterocycles. The fraction of sp³-hybridized carbons (Fsp3) is 0.474. The van der Waals surface area contributed by atoms with Gasteiger partial charge in [0, 0.05) is 58.6 Å². The smallest absolute Gasteiger partial charge is 0.255 e. The van der Waals surface area contributed by atoms with Gasteiger partial charge in [0.05, 0.1) is 11.8 Å². The first-order valence-electron chi connectivity index (χ1n) is 9.52. The third-order valence-corrected chi connectivity index (χ3v) is 5.31. The summed E-state index contributed by atoms with van der Waals surface area (Å²) in [5.41, 5.74) is 0.282. The normalized spacial score (nSPS) is 18.4. The van der Waals surface area contributed by atoms with Crippen LogP contribution in [0.5, 0.6) is 0 Å². The predicted octanol–water partition coefficient (Wildman–Crippen LogP) is 0.725. The van der Waals surface area contributed by atoms with Crippen LogP contribution in [-0.2, 0) is 0 Å². The van der Waals surface area contributed by atoms with Crippen molar-refractivity contribution < 1.29 is 9.18 Å². The fourth-order valence-corrected chi connectivity index (χ4v) is 3.54. The molecule has 0 aromatic carbocycles. The van der Waals surface area contributed by atoms with Crippen LogP contribution in [0.25, 0.3) is 0 Å². The number of carbonyl (C=O) groups excluding carboxylic acids is 1. The lowest BCUT2D eigenvalue weighted by atomic mass is 10.2. The van der Waals surface area contributed by atoms with Crippen molar-refractivity contribution >= 4 is 17.5 Å². The first-order valence-corrected chi connectivity index (χ1v) is 9.52. The van der Waals surface area contributed by atoms with Crippen molar-refractivity contribution in [2.24, 2.45) is 0 Å². The van der Waals surface area contributed by atoms with Crippen LogP contribution in [0.2, 0.25) is 0 Å². The van der Waals surface area contributed by atoms with Gasteiger partial charge in [-0.2, -0.15) is 0 Å². The third kappa shape index (κ3) is 4.04. The minimum atomic E-state index is -0.500. The van der Waals surface area contributed by atoms with Crippen molar-refractivity contribution in [3.8, 4) is 0 Å². The maximum Gasteiger partial charge on any atom is 0.255 e. The van der Waals surface area contributed by atoms with Crippen molar-refractivity contribution in [2.75, 3.05) is 69.2 Å². The summed E-state index contributed by atoms with van der Waals surface area (Å²) >= 11 is 0. The summed E-state index contributed by atoms with van der Waals surface area (Å²) in [7, 11) is 2.13. The molecule has 0 N–H and O–H groups in total. The van der Waals surface area contributed by atoms with Crippen LogP contribution < -0.4 is 9.80 Å². The zero-order valence-electron chi connectivity index (χ0n) is 16.0. The molecule has 28 heavy (non-hydrogen) atoms. The molecule has 0 radical (unpaired) electrons. The number of aromatic nitrogens is 3. The zero-order valence-corrected chi connectivity index (χ0v) is 16.0. The number of hydrogen-bond acceptors (Lipinski definition) is 7. The molecule has 148 valence electrons. The highest BCUT2D eigenvalue weighted by Crippen LogP contribution is 2.18. The van der Waals surface area contributed by atoms with E-state index < -0.39 is 5.82 Å². The maximum atomic E-state index is 13.3. The summed E-state index contributed by atoms with van der Waals surface area (Å²) < 4.78 is 13.3. The van der Waals surface area contributed by atoms with Crippen LogP contribution in [0.4, 0.5) is 16.0 Å². The van der Waals surface area contributed by atoms with E-state index in [0.29, 0.717) is 26.2 Å². The van der Waals surface area contributed by atoms with E-state index in [-0.39, 0.29) is 11.5 Å². The molecule has 1 amide bonds. The number of piperazine rings is 2. The SMILES string of the molecule is CN1CCN(c2ccc(N3CCN(C(=O)c4cncc(F)c4)CC3)nn2)CC1. The van der Waals surface area contributed by atoms with E-state index in [1.165, 1.54) is 12.3 Å². The van der Waals surface area contributed by atoms with Gasteiger partial charge in [0.2, 0.25) is 0 Å². The number of rotatable bonds is 3. The van der Waals surface area contributed by atoms with Crippen LogP contribution in [0.1, 0.15) is 10.4 Å². The molecule has 0 atom stereocenters. The molecule has 0 bridgehead atoms. The van der Waals surface area contributed by atoms with Gasteiger partial charge in [-0.1, -0.05) is 0 Å². The van der Waals surface area contributed by atoms with Gasteiger partial charge in [-0.3, -0.25) is 9.78 Å². The molecule has 0 saturated carbocycles. The molecular formula is C19H24FN7O. The second-order valence-electron chi connectivity index (χ2n) is 7.21. The van der Waals surface area contributed by atoms with Gasteiger partial charge in [0.25, 0.3) is 5.91 Å². The highest BCUT2D eigenvalue weighted by molar-refractivity contribution is 5.94. The van der Waals surface area contributed by atoms with Gasteiger partial charge in [-0.25, -0.2) is 4.39 Å². The Bertz CT molecular complexity index is 815. The summed E-state index contributed by atoms with van der Waals surface area (Å²) in [5, 5.41) is 8.79. The molecule has 2 aromatic heterocycles. The molecule has 0 aliphatic carbocycles. The van der Waals surface area contributed by atoms with E-state index in [4.69, 9.17) is 0 Å². The summed E-state index contributed by atoms with van der Waals surface area (Å²) in [6, 6.07) is 5.24. The Hall–Kier alpha value is -2.81. The minimum Gasteiger partial charge on any atom is -0.353 e. The van der Waals surface area contributed by atoms with Crippen molar-refractivity contribution in [3.63, 3.8) is 0 Å². The zero-order chi connectivity index (χ0) is 19.5. The van der Waals surface area contributed by atoms with Gasteiger partial charge in [0.1, 0.15) is 5.82 Å². The molecule has 2 aromatic rings. The van der Waals surface area contributed by atoms with Crippen LogP contribution >= 0.6 is 0 Å². The molecule has 2 aliphatic rings. The number of nitrogens with zero attached hydrogens (tertiary/aromatic N) is 7. The second-order valence-corrected chi connectivity index (χ2v) is 7.21. The molecule has 8 nitrogen and oxygen atoms in total. The summed E-state index contributed by atoms with van der Waals surface area (Å²) in [4.78, 5) is 24.7. The van der Waals surface area contributed by atoms with Crippen LogP contribution in [-0.4, -0.2) is 90.3 Å². The molecule has 9 heteroatoms. The van der Waals surface area contributed by atoms with Gasteiger partial charge >= 0.3 is 0 Å². The Labute approximate surface area is 163 Å². The van der Waals surface area contributed by atoms with Gasteiger partial charge < -0.3 is 19.6 Å². The Balaban J connectivity index is 1.34. The third-order valence-electron chi connectivity index (χ3n) is 5.31. The molecule has 2 fully saturated rings. The van der Waals surface area contributed by atoms with Gasteiger partial charge in [-0.05, 0) is 25.2 Å². The van der Waals surface area contributed by atoms with Crippen molar-refractivity contribution in [2.45, 2.75) is 0 Å². The lowest BCUT2D eigenvalue weighted by molar-refractivity contribution is 0.0745. The first-order chi connectivity index (χ1) is 13.6. The van der Waals surface area contributed by atoms with Crippen molar-refractivity contribution in [1.29, 1.82) is 0 Å². The average molecular weight is 385 g/mol. The van der Waals surface area contributed by atoms with Crippen molar-refractivity contribution in [1.82, 2.24) is 25.0 Å². The Kier molecular flexibility index (Phi) is 5.34. The number of halogens is 1. The number of likely N-dealkylation sites (N-methyl/N-ethyl adjacent to an activating group) is 1. The Morgan fingerprint density at radius 1 is 0.893 bits per heavy atom. The quantitative estimate of drug-likeness (QED) is 0.771. The summed E-state index contributed by atoms with van der Waals surface area (Å²) in [5.74, 6) is 1.03. The first kappa shape index (κ1) is 18.5. The van der Waals surface area contributed by atoms with E-state index in [9.17, 15) is 9.18 Å². The Morgan fingerprint density at radius 2 is 1.46 bits per heavy atom. The molecule has 2 saturated heterocycles.